The Balaban J connectivity index is 1.79. The van der Waals surface area contributed by atoms with Crippen LogP contribution in [0.25, 0.3) is 0 Å². The van der Waals surface area contributed by atoms with Gasteiger partial charge in [0.1, 0.15) is 6.17 Å². The highest BCUT2D eigenvalue weighted by Crippen LogP contribution is 2.36. The quantitative estimate of drug-likeness (QED) is 0.612. The molecule has 0 fully saturated rings. The van der Waals surface area contributed by atoms with Crippen molar-refractivity contribution in [2.45, 2.75) is 11.1 Å². The molecule has 4 rings (SSSR count). The summed E-state index contributed by atoms with van der Waals surface area (Å²) in [5.41, 5.74) is 1.56. The molecule has 1 aliphatic rings. The lowest BCUT2D eigenvalue weighted by molar-refractivity contribution is 0.0632. The number of fused-ring (bicyclic) bond motifs is 1. The minimum absolute atomic E-state index is 0.0488. The molecule has 0 radical (unpaired) electrons. The van der Waals surface area contributed by atoms with Crippen LogP contribution in [0.5, 0.6) is 11.5 Å². The largest absolute Gasteiger partial charge is 0.493 e. The molecule has 1 atom stereocenters. The molecule has 0 bridgehead atoms. The lowest BCUT2D eigenvalue weighted by atomic mass is 10.0. The van der Waals surface area contributed by atoms with E-state index in [1.807, 2.05) is 0 Å². The second-order valence-electron chi connectivity index (χ2n) is 6.79. The number of amides is 1. The second-order valence-corrected chi connectivity index (χ2v) is 8.45. The van der Waals surface area contributed by atoms with Gasteiger partial charge in [-0.25, -0.2) is 13.4 Å². The van der Waals surface area contributed by atoms with Gasteiger partial charge in [-0.05, 0) is 42.0 Å². The maximum Gasteiger partial charge on any atom is 0.273 e. The van der Waals surface area contributed by atoms with Crippen molar-refractivity contribution >= 4 is 21.6 Å². The summed E-state index contributed by atoms with van der Waals surface area (Å²) in [5, 5.41) is 4.31. The molecule has 0 saturated carbocycles. The predicted octanol–water partition coefficient (Wildman–Crippen LogP) is 3.16. The van der Waals surface area contributed by atoms with Gasteiger partial charge in [-0.1, -0.05) is 36.4 Å². The summed E-state index contributed by atoms with van der Waals surface area (Å²) in [6.45, 7) is 0. The Morgan fingerprint density at radius 2 is 1.58 bits per heavy atom. The van der Waals surface area contributed by atoms with Crippen LogP contribution in [0.3, 0.4) is 0 Å². The molecule has 0 aliphatic carbocycles. The van der Waals surface area contributed by atoms with Crippen LogP contribution in [-0.4, -0.2) is 33.6 Å². The molecule has 1 amide bonds. The minimum Gasteiger partial charge on any atom is -0.493 e. The van der Waals surface area contributed by atoms with Crippen LogP contribution in [0.4, 0.5) is 5.69 Å². The van der Waals surface area contributed by atoms with E-state index in [2.05, 4.69) is 10.1 Å². The maximum atomic E-state index is 13.3. The van der Waals surface area contributed by atoms with E-state index in [1.165, 1.54) is 26.4 Å². The highest BCUT2D eigenvalue weighted by atomic mass is 32.2. The Kier molecular flexibility index (Phi) is 5.53. The van der Waals surface area contributed by atoms with Crippen molar-refractivity contribution in [3.63, 3.8) is 0 Å². The van der Waals surface area contributed by atoms with E-state index in [0.717, 1.165) is 5.01 Å². The molecule has 0 unspecified atom stereocenters. The zero-order chi connectivity index (χ0) is 22.0. The van der Waals surface area contributed by atoms with E-state index in [9.17, 15) is 13.2 Å². The number of benzene rings is 3. The molecule has 3 aromatic carbocycles. The zero-order valence-electron chi connectivity index (χ0n) is 16.9. The van der Waals surface area contributed by atoms with Crippen molar-refractivity contribution in [3.05, 3.63) is 83.9 Å². The van der Waals surface area contributed by atoms with Gasteiger partial charge in [0.2, 0.25) is 0 Å². The summed E-state index contributed by atoms with van der Waals surface area (Å²) >= 11 is 0. The van der Waals surface area contributed by atoms with Crippen molar-refractivity contribution < 1.29 is 22.7 Å². The first kappa shape index (κ1) is 20.7. The molecule has 1 aliphatic heterocycles. The van der Waals surface area contributed by atoms with E-state index in [4.69, 9.17) is 9.47 Å². The van der Waals surface area contributed by atoms with Crippen molar-refractivity contribution in [2.75, 3.05) is 19.5 Å². The second kappa shape index (κ2) is 8.29. The minimum atomic E-state index is -4.01. The molecule has 1 heterocycles. The number of rotatable bonds is 6. The SMILES string of the molecule is COc1ccc([C@H]2Nc3ccccc3C(=O)N2NS(=O)(=O)c2ccccc2)cc1OC. The van der Waals surface area contributed by atoms with Crippen LogP contribution in [0.1, 0.15) is 22.1 Å². The van der Waals surface area contributed by atoms with E-state index in [0.29, 0.717) is 28.3 Å². The lowest BCUT2D eigenvalue weighted by Crippen LogP contribution is -2.52. The Bertz CT molecular complexity index is 1210. The number of ether oxygens (including phenoxy) is 2. The molecular formula is C22H21N3O5S. The molecule has 3 aromatic rings. The van der Waals surface area contributed by atoms with Gasteiger partial charge in [-0.3, -0.25) is 4.79 Å². The summed E-state index contributed by atoms with van der Waals surface area (Å²) < 4.78 is 36.6. The van der Waals surface area contributed by atoms with Crippen LogP contribution < -0.4 is 19.6 Å². The number of methoxy groups -OCH3 is 2. The van der Waals surface area contributed by atoms with E-state index in [-0.39, 0.29) is 4.90 Å². The zero-order valence-corrected chi connectivity index (χ0v) is 17.7. The van der Waals surface area contributed by atoms with Crippen molar-refractivity contribution in [1.29, 1.82) is 0 Å². The number of hydrogen-bond donors (Lipinski definition) is 2. The normalized spacial score (nSPS) is 15.7. The number of sulfonamides is 1. The molecule has 0 aromatic heterocycles. The topological polar surface area (TPSA) is 97.0 Å². The van der Waals surface area contributed by atoms with Crippen molar-refractivity contribution in [1.82, 2.24) is 9.84 Å². The van der Waals surface area contributed by atoms with Crippen LogP contribution in [0.15, 0.2) is 77.7 Å². The fourth-order valence-corrected chi connectivity index (χ4v) is 4.45. The average Bonchev–Trinajstić information content (AvgIpc) is 2.81. The molecule has 31 heavy (non-hydrogen) atoms. The average molecular weight is 439 g/mol. The van der Waals surface area contributed by atoms with Crippen LogP contribution in [-0.2, 0) is 10.0 Å². The third kappa shape index (κ3) is 3.92. The molecule has 0 saturated heterocycles. The van der Waals surface area contributed by atoms with Gasteiger partial charge in [0.15, 0.2) is 11.5 Å². The maximum absolute atomic E-state index is 13.3. The Morgan fingerprint density at radius 1 is 0.903 bits per heavy atom. The molecular weight excluding hydrogens is 418 g/mol. The van der Waals surface area contributed by atoms with Gasteiger partial charge >= 0.3 is 0 Å². The van der Waals surface area contributed by atoms with Gasteiger partial charge in [0.25, 0.3) is 15.9 Å². The number of para-hydroxylation sites is 1. The van der Waals surface area contributed by atoms with E-state index < -0.39 is 22.1 Å². The lowest BCUT2D eigenvalue weighted by Gasteiger charge is -2.37. The number of carbonyl (C=O) groups is 1. The highest BCUT2D eigenvalue weighted by molar-refractivity contribution is 7.89. The summed E-state index contributed by atoms with van der Waals surface area (Å²) in [5.74, 6) is 0.498. The van der Waals surface area contributed by atoms with Gasteiger partial charge in [0, 0.05) is 5.69 Å². The standard InChI is InChI=1S/C22H21N3O5S/c1-29-19-13-12-15(14-20(19)30-2)21-23-18-11-7-6-10-17(18)22(26)25(21)24-31(27,28)16-8-4-3-5-9-16/h3-14,21,23-24H,1-2H3/t21-/m0/s1. The number of hydrogen-bond acceptors (Lipinski definition) is 6. The molecule has 160 valence electrons. The molecule has 2 N–H and O–H groups in total. The fraction of sp³-hybridized carbons (Fsp3) is 0.136. The third-order valence-electron chi connectivity index (χ3n) is 4.92. The number of hydrazine groups is 1. The first-order valence-electron chi connectivity index (χ1n) is 9.43. The number of anilines is 1. The Labute approximate surface area is 180 Å². The van der Waals surface area contributed by atoms with Gasteiger partial charge in [0.05, 0.1) is 24.7 Å². The van der Waals surface area contributed by atoms with Crippen molar-refractivity contribution in [2.24, 2.45) is 0 Å². The molecule has 0 spiro atoms. The first-order chi connectivity index (χ1) is 14.9. The smallest absolute Gasteiger partial charge is 0.273 e. The Hall–Kier alpha value is -3.56. The number of nitrogens with zero attached hydrogens (tertiary/aromatic N) is 1. The van der Waals surface area contributed by atoms with Crippen LogP contribution in [0.2, 0.25) is 0 Å². The Morgan fingerprint density at radius 3 is 2.29 bits per heavy atom. The van der Waals surface area contributed by atoms with Gasteiger partial charge in [-0.15, -0.1) is 4.83 Å². The molecule has 9 heteroatoms. The fourth-order valence-electron chi connectivity index (χ4n) is 3.39. The van der Waals surface area contributed by atoms with Crippen LogP contribution in [0, 0.1) is 0 Å². The van der Waals surface area contributed by atoms with Crippen LogP contribution >= 0.6 is 0 Å². The summed E-state index contributed by atoms with van der Waals surface area (Å²) in [4.78, 5) is 15.8. The summed E-state index contributed by atoms with van der Waals surface area (Å²) in [6.07, 6.45) is -0.819. The third-order valence-corrected chi connectivity index (χ3v) is 6.25. The highest BCUT2D eigenvalue weighted by Gasteiger charge is 2.36. The number of nitrogens with one attached hydrogen (secondary N) is 2. The monoisotopic (exact) mass is 439 g/mol. The predicted molar refractivity (Wildman–Crippen MR) is 115 cm³/mol. The van der Waals surface area contributed by atoms with Gasteiger partial charge < -0.3 is 14.8 Å². The van der Waals surface area contributed by atoms with Crippen molar-refractivity contribution in [3.8, 4) is 11.5 Å². The first-order valence-corrected chi connectivity index (χ1v) is 10.9. The van der Waals surface area contributed by atoms with Gasteiger partial charge in [-0.2, -0.15) is 0 Å². The van der Waals surface area contributed by atoms with E-state index in [1.54, 1.807) is 60.7 Å². The number of carbonyl (C=O) groups excluding carboxylic acids is 1. The summed E-state index contributed by atoms with van der Waals surface area (Å²) in [7, 11) is -0.975. The molecule has 8 nitrogen and oxygen atoms in total. The summed E-state index contributed by atoms with van der Waals surface area (Å²) in [6, 6.07) is 19.9. The van der Waals surface area contributed by atoms with E-state index >= 15 is 0 Å².